The highest BCUT2D eigenvalue weighted by molar-refractivity contribution is 6.28. The predicted octanol–water partition coefficient (Wildman–Crippen LogP) is 4.18. The number of carbonyl (C=O) groups is 2. The number of benzene rings is 2. The summed E-state index contributed by atoms with van der Waals surface area (Å²) >= 11 is 0. The Balaban J connectivity index is 1.62. The Morgan fingerprint density at radius 1 is 0.962 bits per heavy atom. The first-order chi connectivity index (χ1) is 12.6. The minimum absolute atomic E-state index is 0.110. The van der Waals surface area contributed by atoms with Crippen molar-refractivity contribution in [3.8, 4) is 11.3 Å². The van der Waals surface area contributed by atoms with Gasteiger partial charge in [0.25, 0.3) is 5.91 Å². The maximum absolute atomic E-state index is 13.3. The zero-order valence-electron chi connectivity index (χ0n) is 13.5. The van der Waals surface area contributed by atoms with Gasteiger partial charge in [0.05, 0.1) is 5.69 Å². The van der Waals surface area contributed by atoms with Crippen molar-refractivity contribution in [3.63, 3.8) is 0 Å². The number of halogens is 1. The average Bonchev–Trinajstić information content (AvgIpc) is 3.21. The van der Waals surface area contributed by atoms with Crippen molar-refractivity contribution in [2.45, 2.75) is 0 Å². The molecule has 4 rings (SSSR count). The van der Waals surface area contributed by atoms with E-state index in [4.69, 9.17) is 4.42 Å². The second-order valence-corrected chi connectivity index (χ2v) is 5.68. The molecule has 0 unspecified atom stereocenters. The molecule has 0 spiro atoms. The molecule has 26 heavy (non-hydrogen) atoms. The van der Waals surface area contributed by atoms with E-state index in [0.717, 1.165) is 4.90 Å². The molecular formula is C20H13FN2O3. The van der Waals surface area contributed by atoms with Gasteiger partial charge in [0.15, 0.2) is 0 Å². The predicted molar refractivity (Wildman–Crippen MR) is 94.5 cm³/mol. The van der Waals surface area contributed by atoms with E-state index in [9.17, 15) is 14.0 Å². The lowest BCUT2D eigenvalue weighted by atomic mass is 10.2. The molecule has 1 aliphatic rings. The van der Waals surface area contributed by atoms with Crippen molar-refractivity contribution >= 4 is 23.7 Å². The lowest BCUT2D eigenvalue weighted by Crippen LogP contribution is -2.30. The van der Waals surface area contributed by atoms with Crippen molar-refractivity contribution in [1.29, 1.82) is 0 Å². The van der Waals surface area contributed by atoms with E-state index in [1.807, 2.05) is 0 Å². The third kappa shape index (κ3) is 2.88. The van der Waals surface area contributed by atoms with Gasteiger partial charge in [-0.15, -0.1) is 0 Å². The summed E-state index contributed by atoms with van der Waals surface area (Å²) in [7, 11) is 0. The fourth-order valence-corrected chi connectivity index (χ4v) is 2.72. The number of urea groups is 1. The molecular weight excluding hydrogens is 335 g/mol. The highest BCUT2D eigenvalue weighted by Gasteiger charge is 2.34. The Labute approximate surface area is 148 Å². The van der Waals surface area contributed by atoms with Gasteiger partial charge >= 0.3 is 6.03 Å². The van der Waals surface area contributed by atoms with Crippen LogP contribution in [0.4, 0.5) is 14.9 Å². The molecule has 0 aliphatic carbocycles. The normalized spacial score (nSPS) is 15.6. The number of nitrogens with zero attached hydrogens (tertiary/aromatic N) is 1. The number of carbonyl (C=O) groups excluding carboxylic acids is 2. The summed E-state index contributed by atoms with van der Waals surface area (Å²) in [6.07, 6.45) is 1.45. The van der Waals surface area contributed by atoms with Crippen molar-refractivity contribution in [2.24, 2.45) is 0 Å². The SMILES string of the molecule is O=C1N/C(=C/c2ccc(-c3cccc(F)c3)o2)C(=O)N1c1ccccc1. The molecule has 1 fully saturated rings. The maximum atomic E-state index is 13.3. The molecule has 2 aromatic carbocycles. The van der Waals surface area contributed by atoms with Gasteiger partial charge in [-0.2, -0.15) is 0 Å². The number of para-hydroxylation sites is 1. The summed E-state index contributed by atoms with van der Waals surface area (Å²) in [5.41, 5.74) is 1.18. The minimum Gasteiger partial charge on any atom is -0.457 e. The number of hydrogen-bond acceptors (Lipinski definition) is 3. The topological polar surface area (TPSA) is 62.6 Å². The minimum atomic E-state index is -0.524. The highest BCUT2D eigenvalue weighted by Crippen LogP contribution is 2.26. The maximum Gasteiger partial charge on any atom is 0.333 e. The number of rotatable bonds is 3. The van der Waals surface area contributed by atoms with E-state index in [0.29, 0.717) is 22.8 Å². The lowest BCUT2D eigenvalue weighted by molar-refractivity contribution is -0.113. The zero-order valence-corrected chi connectivity index (χ0v) is 13.5. The molecule has 3 aromatic rings. The first-order valence-electron chi connectivity index (χ1n) is 7.90. The fraction of sp³-hybridized carbons (Fsp3) is 0. The molecule has 0 radical (unpaired) electrons. The second kappa shape index (κ2) is 6.33. The summed E-state index contributed by atoms with van der Waals surface area (Å²) in [5.74, 6) is 0.0105. The van der Waals surface area contributed by atoms with E-state index in [2.05, 4.69) is 5.32 Å². The van der Waals surface area contributed by atoms with Crippen LogP contribution >= 0.6 is 0 Å². The first-order valence-corrected chi connectivity index (χ1v) is 7.90. The van der Waals surface area contributed by atoms with Gasteiger partial charge in [-0.25, -0.2) is 14.1 Å². The number of imide groups is 1. The largest absolute Gasteiger partial charge is 0.457 e. The number of amides is 3. The molecule has 1 N–H and O–H groups in total. The van der Waals surface area contributed by atoms with Crippen LogP contribution in [0.3, 0.4) is 0 Å². The summed E-state index contributed by atoms with van der Waals surface area (Å²) in [4.78, 5) is 25.7. The summed E-state index contributed by atoms with van der Waals surface area (Å²) < 4.78 is 19.0. The van der Waals surface area contributed by atoms with Crippen LogP contribution in [0.15, 0.2) is 76.8 Å². The van der Waals surface area contributed by atoms with Gasteiger partial charge in [0, 0.05) is 11.6 Å². The standard InChI is InChI=1S/C20H13FN2O3/c21-14-6-4-5-13(11-14)18-10-9-16(26-18)12-17-19(24)23(20(25)22-17)15-7-2-1-3-8-15/h1-12H,(H,22,25)/b17-12+. The van der Waals surface area contributed by atoms with Gasteiger partial charge in [0.2, 0.25) is 0 Å². The van der Waals surface area contributed by atoms with Crippen molar-refractivity contribution in [3.05, 3.63) is 84.0 Å². The molecule has 0 bridgehead atoms. The fourth-order valence-electron chi connectivity index (χ4n) is 2.72. The van der Waals surface area contributed by atoms with E-state index >= 15 is 0 Å². The first kappa shape index (κ1) is 15.8. The molecule has 1 aliphatic heterocycles. The van der Waals surface area contributed by atoms with Gasteiger partial charge in [-0.05, 0) is 36.4 Å². The van der Waals surface area contributed by atoms with Crippen molar-refractivity contribution in [1.82, 2.24) is 5.32 Å². The van der Waals surface area contributed by atoms with Crippen LogP contribution in [0.25, 0.3) is 17.4 Å². The van der Waals surface area contributed by atoms with Gasteiger partial charge < -0.3 is 9.73 Å². The van der Waals surface area contributed by atoms with Gasteiger partial charge in [0.1, 0.15) is 23.0 Å². The van der Waals surface area contributed by atoms with E-state index in [1.165, 1.54) is 18.2 Å². The Kier molecular flexibility index (Phi) is 3.85. The zero-order chi connectivity index (χ0) is 18.1. The summed E-state index contributed by atoms with van der Waals surface area (Å²) in [6, 6.07) is 17.5. The Hall–Kier alpha value is -3.67. The van der Waals surface area contributed by atoms with Crippen LogP contribution in [0.5, 0.6) is 0 Å². The lowest BCUT2D eigenvalue weighted by Gasteiger charge is -2.10. The molecule has 6 heteroatoms. The second-order valence-electron chi connectivity index (χ2n) is 5.68. The Morgan fingerprint density at radius 2 is 1.77 bits per heavy atom. The van der Waals surface area contributed by atoms with Gasteiger partial charge in [-0.1, -0.05) is 30.3 Å². The third-order valence-electron chi connectivity index (χ3n) is 3.92. The van der Waals surface area contributed by atoms with Crippen LogP contribution in [0.2, 0.25) is 0 Å². The number of nitrogens with one attached hydrogen (secondary N) is 1. The number of furan rings is 1. The smallest absolute Gasteiger partial charge is 0.333 e. The summed E-state index contributed by atoms with van der Waals surface area (Å²) in [5, 5.41) is 2.54. The molecule has 1 aromatic heterocycles. The van der Waals surface area contributed by atoms with Crippen LogP contribution in [0, 0.1) is 5.82 Å². The van der Waals surface area contributed by atoms with E-state index < -0.39 is 11.9 Å². The molecule has 1 saturated heterocycles. The molecule has 2 heterocycles. The quantitative estimate of drug-likeness (QED) is 0.570. The van der Waals surface area contributed by atoms with E-state index in [1.54, 1.807) is 54.6 Å². The number of hydrogen-bond donors (Lipinski definition) is 1. The summed E-state index contributed by atoms with van der Waals surface area (Å²) in [6.45, 7) is 0. The van der Waals surface area contributed by atoms with E-state index in [-0.39, 0.29) is 11.5 Å². The highest BCUT2D eigenvalue weighted by atomic mass is 19.1. The van der Waals surface area contributed by atoms with Crippen LogP contribution < -0.4 is 10.2 Å². The van der Waals surface area contributed by atoms with Crippen LogP contribution in [0.1, 0.15) is 5.76 Å². The Morgan fingerprint density at radius 3 is 2.54 bits per heavy atom. The molecule has 0 saturated carbocycles. The van der Waals surface area contributed by atoms with Crippen LogP contribution in [-0.2, 0) is 4.79 Å². The molecule has 5 nitrogen and oxygen atoms in total. The number of anilines is 1. The third-order valence-corrected chi connectivity index (χ3v) is 3.92. The molecule has 3 amide bonds. The average molecular weight is 348 g/mol. The van der Waals surface area contributed by atoms with Crippen LogP contribution in [-0.4, -0.2) is 11.9 Å². The van der Waals surface area contributed by atoms with Crippen molar-refractivity contribution in [2.75, 3.05) is 4.90 Å². The van der Waals surface area contributed by atoms with Gasteiger partial charge in [-0.3, -0.25) is 4.79 Å². The monoisotopic (exact) mass is 348 g/mol. The Bertz CT molecular complexity index is 1020. The molecule has 128 valence electrons. The van der Waals surface area contributed by atoms with Crippen molar-refractivity contribution < 1.29 is 18.4 Å². The molecule has 0 atom stereocenters.